The number of rotatable bonds is 6. The highest BCUT2D eigenvalue weighted by Crippen LogP contribution is 2.68. The lowest BCUT2D eigenvalue weighted by molar-refractivity contribution is -0.175. The molecule has 0 saturated heterocycles. The number of aliphatic hydroxyl groups excluding tert-OH is 1. The maximum Gasteiger partial charge on any atom is 0.338 e. The summed E-state index contributed by atoms with van der Waals surface area (Å²) in [4.78, 5) is 24.5. The number of fused-ring (bicyclic) bond motifs is 5. The van der Waals surface area contributed by atoms with Crippen molar-refractivity contribution in [3.05, 3.63) is 35.9 Å². The van der Waals surface area contributed by atoms with Gasteiger partial charge in [-0.25, -0.2) is 4.79 Å². The van der Waals surface area contributed by atoms with E-state index in [2.05, 4.69) is 20.8 Å². The molecule has 5 heteroatoms. The van der Waals surface area contributed by atoms with Gasteiger partial charge in [-0.2, -0.15) is 0 Å². The third kappa shape index (κ3) is 4.64. The second-order valence-electron chi connectivity index (χ2n) is 13.2. The molecular formula is C32H46O5. The van der Waals surface area contributed by atoms with Crippen molar-refractivity contribution < 1.29 is 24.2 Å². The molecule has 0 amide bonds. The number of esters is 2. The fourth-order valence-electron chi connectivity index (χ4n) is 9.69. The summed E-state index contributed by atoms with van der Waals surface area (Å²) >= 11 is 0. The zero-order valence-electron chi connectivity index (χ0n) is 23.2. The van der Waals surface area contributed by atoms with Crippen LogP contribution in [0.3, 0.4) is 0 Å². The molecule has 5 rings (SSSR count). The van der Waals surface area contributed by atoms with Crippen LogP contribution >= 0.6 is 0 Å². The zero-order valence-corrected chi connectivity index (χ0v) is 23.2. The fraction of sp³-hybridized carbons (Fsp3) is 0.750. The van der Waals surface area contributed by atoms with Crippen LogP contribution in [0.5, 0.6) is 0 Å². The number of aliphatic hydroxyl groups is 1. The first-order valence-electron chi connectivity index (χ1n) is 14.7. The Kier molecular flexibility index (Phi) is 7.48. The smallest absolute Gasteiger partial charge is 0.338 e. The van der Waals surface area contributed by atoms with Gasteiger partial charge in [-0.15, -0.1) is 0 Å². The van der Waals surface area contributed by atoms with Crippen LogP contribution < -0.4 is 0 Å². The van der Waals surface area contributed by atoms with Crippen LogP contribution in [0.2, 0.25) is 0 Å². The molecular weight excluding hydrogens is 464 g/mol. The maximum atomic E-state index is 12.7. The number of hydrogen-bond donors (Lipinski definition) is 1. The van der Waals surface area contributed by atoms with Gasteiger partial charge in [0.1, 0.15) is 6.10 Å². The third-order valence-electron chi connectivity index (χ3n) is 11.8. The molecule has 0 radical (unpaired) electrons. The van der Waals surface area contributed by atoms with Crippen molar-refractivity contribution in [1.82, 2.24) is 0 Å². The lowest BCUT2D eigenvalue weighted by Gasteiger charge is -2.62. The minimum Gasteiger partial charge on any atom is -0.469 e. The summed E-state index contributed by atoms with van der Waals surface area (Å²) in [5.41, 5.74) is 0.767. The van der Waals surface area contributed by atoms with E-state index < -0.39 is 0 Å². The van der Waals surface area contributed by atoms with Gasteiger partial charge in [0.2, 0.25) is 0 Å². The number of hydrogen-bond acceptors (Lipinski definition) is 5. The molecule has 1 aromatic rings. The maximum absolute atomic E-state index is 12.7. The van der Waals surface area contributed by atoms with E-state index in [1.54, 1.807) is 0 Å². The highest BCUT2D eigenvalue weighted by atomic mass is 16.5. The predicted molar refractivity (Wildman–Crippen MR) is 143 cm³/mol. The molecule has 1 aromatic carbocycles. The average Bonchev–Trinajstić information content (AvgIpc) is 3.27. The van der Waals surface area contributed by atoms with E-state index in [1.165, 1.54) is 26.4 Å². The van der Waals surface area contributed by atoms with Crippen LogP contribution in [0.4, 0.5) is 0 Å². The van der Waals surface area contributed by atoms with Gasteiger partial charge in [0, 0.05) is 6.42 Å². The summed E-state index contributed by atoms with van der Waals surface area (Å²) in [5, 5.41) is 11.8. The Balaban J connectivity index is 1.27. The normalized spacial score (nSPS) is 41.6. The van der Waals surface area contributed by atoms with Crippen molar-refractivity contribution in [2.75, 3.05) is 7.11 Å². The molecule has 0 aromatic heterocycles. The summed E-state index contributed by atoms with van der Waals surface area (Å²) in [6.45, 7) is 7.11. The minimum absolute atomic E-state index is 0.00682. The van der Waals surface area contributed by atoms with Crippen molar-refractivity contribution in [2.45, 2.75) is 97.2 Å². The molecule has 10 atom stereocenters. The highest BCUT2D eigenvalue weighted by molar-refractivity contribution is 5.89. The van der Waals surface area contributed by atoms with E-state index in [0.29, 0.717) is 47.5 Å². The Morgan fingerprint density at radius 2 is 1.78 bits per heavy atom. The zero-order chi connectivity index (χ0) is 26.4. The Hall–Kier alpha value is -1.88. The Morgan fingerprint density at radius 3 is 2.51 bits per heavy atom. The number of carbonyl (C=O) groups excluding carboxylic acids is 2. The lowest BCUT2D eigenvalue weighted by Crippen LogP contribution is -2.59. The molecule has 0 bridgehead atoms. The van der Waals surface area contributed by atoms with E-state index in [4.69, 9.17) is 9.47 Å². The van der Waals surface area contributed by atoms with Gasteiger partial charge in [0.25, 0.3) is 0 Å². The summed E-state index contributed by atoms with van der Waals surface area (Å²) in [6.07, 6.45) is 9.59. The molecule has 37 heavy (non-hydrogen) atoms. The quantitative estimate of drug-likeness (QED) is 0.447. The van der Waals surface area contributed by atoms with Gasteiger partial charge >= 0.3 is 11.9 Å². The Labute approximate surface area is 222 Å². The molecule has 1 N–H and O–H groups in total. The van der Waals surface area contributed by atoms with Crippen molar-refractivity contribution in [2.24, 2.45) is 46.3 Å². The number of carbonyl (C=O) groups is 2. The second-order valence-corrected chi connectivity index (χ2v) is 13.2. The summed E-state index contributed by atoms with van der Waals surface area (Å²) in [5.74, 6) is 2.82. The summed E-state index contributed by atoms with van der Waals surface area (Å²) < 4.78 is 10.9. The van der Waals surface area contributed by atoms with Crippen LogP contribution in [0.25, 0.3) is 0 Å². The molecule has 4 fully saturated rings. The topological polar surface area (TPSA) is 72.8 Å². The molecule has 204 valence electrons. The third-order valence-corrected chi connectivity index (χ3v) is 11.8. The molecule has 0 unspecified atom stereocenters. The Bertz CT molecular complexity index is 977. The molecule has 0 heterocycles. The van der Waals surface area contributed by atoms with Crippen molar-refractivity contribution >= 4 is 11.9 Å². The average molecular weight is 511 g/mol. The molecule has 4 aliphatic carbocycles. The Morgan fingerprint density at radius 1 is 1.03 bits per heavy atom. The first-order chi connectivity index (χ1) is 17.7. The predicted octanol–water partition coefficient (Wildman–Crippen LogP) is 6.43. The van der Waals surface area contributed by atoms with E-state index in [1.807, 2.05) is 30.3 Å². The van der Waals surface area contributed by atoms with Crippen LogP contribution in [-0.4, -0.2) is 36.4 Å². The highest BCUT2D eigenvalue weighted by Gasteiger charge is 2.63. The van der Waals surface area contributed by atoms with Gasteiger partial charge < -0.3 is 14.6 Å². The number of ether oxygens (including phenoxy) is 2. The van der Waals surface area contributed by atoms with E-state index in [9.17, 15) is 14.7 Å². The number of methoxy groups -OCH3 is 1. The van der Waals surface area contributed by atoms with Gasteiger partial charge in [-0.1, -0.05) is 39.0 Å². The van der Waals surface area contributed by atoms with Gasteiger partial charge in [0.15, 0.2) is 0 Å². The monoisotopic (exact) mass is 510 g/mol. The molecule has 0 aliphatic heterocycles. The standard InChI is InChI=1S/C32H46O5/c1-20(10-15-29(34)36-4)25-13-14-26-24-12-11-22-18-23(37-30(35)21-8-6-5-7-9-21)16-17-31(22,2)27(24)19-28(33)32(25,26)3/h5-9,20,22-28,33H,10-19H2,1-4H3/t20-,22+,23-,24-,25-,26+,27-,28+,31+,32-/m1/s1. The number of benzene rings is 1. The summed E-state index contributed by atoms with van der Waals surface area (Å²) in [6, 6.07) is 9.33. The molecule has 4 aliphatic rings. The van der Waals surface area contributed by atoms with Crippen LogP contribution in [-0.2, 0) is 14.3 Å². The first kappa shape index (κ1) is 26.7. The van der Waals surface area contributed by atoms with Gasteiger partial charge in [0.05, 0.1) is 18.8 Å². The van der Waals surface area contributed by atoms with Crippen LogP contribution in [0, 0.1) is 46.3 Å². The first-order valence-corrected chi connectivity index (χ1v) is 14.7. The molecule has 0 spiro atoms. The van der Waals surface area contributed by atoms with E-state index in [0.717, 1.165) is 38.5 Å². The van der Waals surface area contributed by atoms with Crippen molar-refractivity contribution in [3.63, 3.8) is 0 Å². The summed E-state index contributed by atoms with van der Waals surface area (Å²) in [7, 11) is 1.46. The molecule has 4 saturated carbocycles. The van der Waals surface area contributed by atoms with E-state index in [-0.39, 0.29) is 35.0 Å². The second kappa shape index (κ2) is 10.4. The van der Waals surface area contributed by atoms with Crippen LogP contribution in [0.15, 0.2) is 30.3 Å². The van der Waals surface area contributed by atoms with Crippen LogP contribution in [0.1, 0.15) is 95.3 Å². The van der Waals surface area contributed by atoms with Gasteiger partial charge in [-0.05, 0) is 116 Å². The van der Waals surface area contributed by atoms with Gasteiger partial charge in [-0.3, -0.25) is 4.79 Å². The minimum atomic E-state index is -0.295. The van der Waals surface area contributed by atoms with E-state index >= 15 is 0 Å². The van der Waals surface area contributed by atoms with Crippen molar-refractivity contribution in [1.29, 1.82) is 0 Å². The lowest BCUT2D eigenvalue weighted by atomic mass is 9.43. The molecule has 5 nitrogen and oxygen atoms in total. The van der Waals surface area contributed by atoms with Crippen molar-refractivity contribution in [3.8, 4) is 0 Å². The fourth-order valence-corrected chi connectivity index (χ4v) is 9.69. The largest absolute Gasteiger partial charge is 0.469 e. The SMILES string of the molecule is COC(=O)CC[C@@H](C)[C@H]1CC[C@H]2[C@H]3CC[C@H]4C[C@H](OC(=O)c5ccccc5)CC[C@]4(C)[C@@H]3C[C@H](O)[C@]12C.